The summed E-state index contributed by atoms with van der Waals surface area (Å²) in [7, 11) is -4.42. The van der Waals surface area contributed by atoms with Crippen molar-refractivity contribution >= 4 is 24.9 Å². The van der Waals surface area contributed by atoms with Gasteiger partial charge in [-0.2, -0.15) is 0 Å². The summed E-state index contributed by atoms with van der Waals surface area (Å²) in [5.41, 5.74) is 6.95. The van der Waals surface area contributed by atoms with Crippen molar-refractivity contribution in [3.8, 4) is 0 Å². The molecule has 8 heteroatoms. The van der Waals surface area contributed by atoms with Crippen molar-refractivity contribution in [2.75, 3.05) is 13.2 Å². The van der Waals surface area contributed by atoms with E-state index in [0.29, 0.717) is 25.8 Å². The number of phosphoric ester groups is 1. The van der Waals surface area contributed by atoms with Gasteiger partial charge in [0.05, 0.1) is 11.5 Å². The molecule has 0 aliphatic rings. The second-order valence-electron chi connectivity index (χ2n) is 6.70. The van der Waals surface area contributed by atoms with Crippen LogP contribution in [0.25, 0.3) is 0 Å². The number of nitrogens with two attached hydrogens (primary N) is 1. The van der Waals surface area contributed by atoms with Gasteiger partial charge in [0.25, 0.3) is 0 Å². The van der Waals surface area contributed by atoms with Crippen molar-refractivity contribution in [2.45, 2.75) is 44.4 Å². The molecule has 0 amide bonds. The zero-order chi connectivity index (χ0) is 20.4. The number of carbonyl (C=O) groups is 1. The molecule has 0 aliphatic carbocycles. The number of aryl methyl sites for hydroxylation is 1. The Bertz CT molecular complexity index is 774. The van der Waals surface area contributed by atoms with Crippen molar-refractivity contribution in [3.63, 3.8) is 0 Å². The first-order valence-electron chi connectivity index (χ1n) is 9.46. The summed E-state index contributed by atoms with van der Waals surface area (Å²) in [5.74, 6) is 0.324. The van der Waals surface area contributed by atoms with Gasteiger partial charge < -0.3 is 15.5 Å². The lowest BCUT2D eigenvalue weighted by atomic mass is 9.98. The average molecular weight is 425 g/mol. The second-order valence-corrected chi connectivity index (χ2v) is 9.06. The van der Waals surface area contributed by atoms with Crippen LogP contribution in [-0.2, 0) is 15.5 Å². The van der Waals surface area contributed by atoms with E-state index in [1.807, 2.05) is 30.3 Å². The second kappa shape index (κ2) is 11.6. The molecule has 0 fully saturated rings. The lowest BCUT2D eigenvalue weighted by Crippen LogP contribution is -2.07. The lowest BCUT2D eigenvalue weighted by Gasteiger charge is -2.14. The molecule has 2 rings (SSSR count). The van der Waals surface area contributed by atoms with Crippen LogP contribution in [0.15, 0.2) is 42.5 Å². The number of hydrogen-bond acceptors (Lipinski definition) is 5. The number of ketones is 1. The lowest BCUT2D eigenvalue weighted by molar-refractivity contribution is 0.0984. The SMILES string of the molecule is NCCC(CCCOP(=O)(O)O)c1ccc(C(=O)CCCc2ccccc2)s1. The fraction of sp³-hybridized carbons (Fsp3) is 0.450. The summed E-state index contributed by atoms with van der Waals surface area (Å²) >= 11 is 1.50. The van der Waals surface area contributed by atoms with Gasteiger partial charge in [-0.1, -0.05) is 30.3 Å². The number of carbonyl (C=O) groups excluding carboxylic acids is 1. The normalized spacial score (nSPS) is 12.8. The Morgan fingerprint density at radius 2 is 1.86 bits per heavy atom. The van der Waals surface area contributed by atoms with E-state index in [4.69, 9.17) is 15.5 Å². The highest BCUT2D eigenvalue weighted by molar-refractivity contribution is 7.46. The highest BCUT2D eigenvalue weighted by Crippen LogP contribution is 2.37. The Kier molecular flexibility index (Phi) is 9.51. The summed E-state index contributed by atoms with van der Waals surface area (Å²) in [6.45, 7) is 0.518. The summed E-state index contributed by atoms with van der Waals surface area (Å²) < 4.78 is 15.2. The molecule has 0 saturated carbocycles. The van der Waals surface area contributed by atoms with Crippen molar-refractivity contribution in [2.24, 2.45) is 5.73 Å². The van der Waals surface area contributed by atoms with E-state index in [1.54, 1.807) is 0 Å². The van der Waals surface area contributed by atoms with Gasteiger partial charge in [0.1, 0.15) is 0 Å². The van der Waals surface area contributed by atoms with Gasteiger partial charge in [-0.15, -0.1) is 11.3 Å². The zero-order valence-corrected chi connectivity index (χ0v) is 17.5. The third-order valence-corrected chi connectivity index (χ3v) is 6.30. The van der Waals surface area contributed by atoms with Gasteiger partial charge in [-0.3, -0.25) is 9.32 Å². The molecule has 1 unspecified atom stereocenters. The molecule has 0 spiro atoms. The minimum atomic E-state index is -4.42. The molecule has 1 atom stereocenters. The Morgan fingerprint density at radius 1 is 1.11 bits per heavy atom. The molecule has 4 N–H and O–H groups in total. The highest BCUT2D eigenvalue weighted by Gasteiger charge is 2.18. The van der Waals surface area contributed by atoms with Gasteiger partial charge in [-0.05, 0) is 62.3 Å². The Morgan fingerprint density at radius 3 is 2.54 bits per heavy atom. The van der Waals surface area contributed by atoms with E-state index in [1.165, 1.54) is 16.9 Å². The number of hydrogen-bond donors (Lipinski definition) is 3. The topological polar surface area (TPSA) is 110 Å². The molecule has 1 heterocycles. The molecule has 0 saturated heterocycles. The van der Waals surface area contributed by atoms with Gasteiger partial charge in [0.2, 0.25) is 0 Å². The van der Waals surface area contributed by atoms with Crippen LogP contribution in [-0.4, -0.2) is 28.7 Å². The van der Waals surface area contributed by atoms with Crippen LogP contribution >= 0.6 is 19.2 Å². The summed E-state index contributed by atoms with van der Waals surface area (Å²) in [6, 6.07) is 14.0. The Hall–Kier alpha value is -1.34. The molecule has 0 aliphatic heterocycles. The number of rotatable bonds is 13. The predicted octanol–water partition coefficient (Wildman–Crippen LogP) is 4.28. The van der Waals surface area contributed by atoms with Crippen LogP contribution in [0.1, 0.15) is 58.1 Å². The largest absolute Gasteiger partial charge is 0.469 e. The van der Waals surface area contributed by atoms with E-state index >= 15 is 0 Å². The number of benzene rings is 1. The molecule has 2 aromatic rings. The van der Waals surface area contributed by atoms with Crippen LogP contribution in [0, 0.1) is 0 Å². The maximum atomic E-state index is 12.5. The first-order valence-corrected chi connectivity index (χ1v) is 11.8. The van der Waals surface area contributed by atoms with Crippen molar-refractivity contribution in [1.29, 1.82) is 0 Å². The quantitative estimate of drug-likeness (QED) is 0.251. The highest BCUT2D eigenvalue weighted by atomic mass is 32.1. The van der Waals surface area contributed by atoms with E-state index < -0.39 is 7.82 Å². The summed E-state index contributed by atoms with van der Waals surface area (Å²) in [4.78, 5) is 31.8. The first kappa shape index (κ1) is 22.9. The fourth-order valence-electron chi connectivity index (χ4n) is 3.09. The molecular weight excluding hydrogens is 397 g/mol. The van der Waals surface area contributed by atoms with Gasteiger partial charge in [-0.25, -0.2) is 4.57 Å². The molecule has 0 bridgehead atoms. The van der Waals surface area contributed by atoms with Crippen molar-refractivity contribution in [3.05, 3.63) is 57.8 Å². The molecule has 0 radical (unpaired) electrons. The van der Waals surface area contributed by atoms with Crippen molar-refractivity contribution < 1.29 is 23.7 Å². The maximum absolute atomic E-state index is 12.5. The molecular formula is C20H28NO5PS. The number of phosphoric acid groups is 1. The van der Waals surface area contributed by atoms with Gasteiger partial charge in [0.15, 0.2) is 5.78 Å². The van der Waals surface area contributed by atoms with E-state index in [0.717, 1.165) is 29.0 Å². The fourth-order valence-corrected chi connectivity index (χ4v) is 4.60. The van der Waals surface area contributed by atoms with Crippen molar-refractivity contribution in [1.82, 2.24) is 0 Å². The summed E-state index contributed by atoms with van der Waals surface area (Å²) in [5, 5.41) is 0. The van der Waals surface area contributed by atoms with E-state index in [-0.39, 0.29) is 18.3 Å². The molecule has 154 valence electrons. The zero-order valence-electron chi connectivity index (χ0n) is 15.8. The number of thiophene rings is 1. The van der Waals surface area contributed by atoms with Crippen LogP contribution < -0.4 is 5.73 Å². The van der Waals surface area contributed by atoms with E-state index in [2.05, 4.69) is 16.7 Å². The molecule has 28 heavy (non-hydrogen) atoms. The minimum absolute atomic E-state index is 0.00198. The van der Waals surface area contributed by atoms with Crippen LogP contribution in [0.4, 0.5) is 0 Å². The van der Waals surface area contributed by atoms with Crippen LogP contribution in [0.2, 0.25) is 0 Å². The summed E-state index contributed by atoms with van der Waals surface area (Å²) in [6.07, 6.45) is 4.22. The predicted molar refractivity (Wildman–Crippen MR) is 112 cm³/mol. The third-order valence-electron chi connectivity index (χ3n) is 4.49. The van der Waals surface area contributed by atoms with Gasteiger partial charge in [0, 0.05) is 11.3 Å². The standard InChI is InChI=1S/C20H28NO5PS/c21-14-13-17(9-5-15-26-27(23,24)25)19-11-12-20(28-19)18(22)10-4-8-16-6-2-1-3-7-16/h1-3,6-7,11-12,17H,4-5,8-10,13-15,21H2,(H2,23,24,25). The van der Waals surface area contributed by atoms with E-state index in [9.17, 15) is 9.36 Å². The molecule has 6 nitrogen and oxygen atoms in total. The van der Waals surface area contributed by atoms with Crippen LogP contribution in [0.5, 0.6) is 0 Å². The molecule has 1 aromatic heterocycles. The third kappa shape index (κ3) is 8.35. The minimum Gasteiger partial charge on any atom is -0.330 e. The number of Topliss-reactive ketones (excluding diaryl/α,β-unsaturated/α-hetero) is 1. The van der Waals surface area contributed by atoms with Crippen LogP contribution in [0.3, 0.4) is 0 Å². The average Bonchev–Trinajstić information content (AvgIpc) is 3.14. The smallest absolute Gasteiger partial charge is 0.330 e. The monoisotopic (exact) mass is 425 g/mol. The Labute approximate surface area is 170 Å². The Balaban J connectivity index is 1.84. The first-order chi connectivity index (χ1) is 13.4. The van der Waals surface area contributed by atoms with Gasteiger partial charge >= 0.3 is 7.82 Å². The maximum Gasteiger partial charge on any atom is 0.469 e. The molecule has 1 aromatic carbocycles.